The zero-order valence-electron chi connectivity index (χ0n) is 7.14. The lowest BCUT2D eigenvalue weighted by atomic mass is 10.1. The van der Waals surface area contributed by atoms with Gasteiger partial charge >= 0.3 is 0 Å². The van der Waals surface area contributed by atoms with E-state index in [2.05, 4.69) is 0 Å². The van der Waals surface area contributed by atoms with Gasteiger partial charge in [-0.25, -0.2) is 0 Å². The molecule has 3 nitrogen and oxygen atoms in total. The highest BCUT2D eigenvalue weighted by atomic mass is 32.2. The molecule has 70 valence electrons. The summed E-state index contributed by atoms with van der Waals surface area (Å²) in [5.41, 5.74) is 1.74. The molecule has 13 heavy (non-hydrogen) atoms. The molecule has 0 spiro atoms. The van der Waals surface area contributed by atoms with E-state index in [9.17, 15) is 8.42 Å². The van der Waals surface area contributed by atoms with E-state index in [0.717, 1.165) is 16.5 Å². The highest BCUT2D eigenvalue weighted by Crippen LogP contribution is 2.09. The van der Waals surface area contributed by atoms with Crippen molar-refractivity contribution in [1.29, 1.82) is 0 Å². The Bertz CT molecular complexity index is 418. The third-order valence-corrected chi connectivity index (χ3v) is 2.09. The SMILES string of the molecule is Cc1ccccc1/C=C/S(=O)(=O)O. The number of aryl methyl sites for hydroxylation is 1. The molecule has 1 rings (SSSR count). The minimum Gasteiger partial charge on any atom is -0.282 e. The van der Waals surface area contributed by atoms with Gasteiger partial charge < -0.3 is 0 Å². The molecule has 0 fully saturated rings. The lowest BCUT2D eigenvalue weighted by molar-refractivity contribution is 0.494. The Hall–Kier alpha value is -1.13. The minimum atomic E-state index is -4.02. The van der Waals surface area contributed by atoms with E-state index in [0.29, 0.717) is 0 Å². The summed E-state index contributed by atoms with van der Waals surface area (Å²) in [6, 6.07) is 7.30. The zero-order valence-corrected chi connectivity index (χ0v) is 7.95. The summed E-state index contributed by atoms with van der Waals surface area (Å²) in [4.78, 5) is 0. The first-order valence-corrected chi connectivity index (χ1v) is 5.20. The first kappa shape index (κ1) is 9.95. The van der Waals surface area contributed by atoms with Gasteiger partial charge in [-0.05, 0) is 24.1 Å². The maximum absolute atomic E-state index is 10.4. The molecule has 4 heteroatoms. The Morgan fingerprint density at radius 3 is 2.46 bits per heavy atom. The van der Waals surface area contributed by atoms with Crippen molar-refractivity contribution in [3.05, 3.63) is 40.8 Å². The summed E-state index contributed by atoms with van der Waals surface area (Å²) in [6.45, 7) is 1.86. The predicted molar refractivity (Wildman–Crippen MR) is 51.8 cm³/mol. The van der Waals surface area contributed by atoms with Crippen molar-refractivity contribution in [2.45, 2.75) is 6.92 Å². The summed E-state index contributed by atoms with van der Waals surface area (Å²) < 4.78 is 29.2. The molecule has 0 atom stereocenters. The van der Waals surface area contributed by atoms with Crippen LogP contribution in [0.3, 0.4) is 0 Å². The topological polar surface area (TPSA) is 54.4 Å². The molecule has 0 aliphatic rings. The lowest BCUT2D eigenvalue weighted by Crippen LogP contribution is -1.89. The number of hydrogen-bond acceptors (Lipinski definition) is 2. The zero-order chi connectivity index (χ0) is 9.90. The van der Waals surface area contributed by atoms with E-state index in [-0.39, 0.29) is 0 Å². The van der Waals surface area contributed by atoms with Gasteiger partial charge in [0, 0.05) is 0 Å². The molecular weight excluding hydrogens is 188 g/mol. The van der Waals surface area contributed by atoms with Gasteiger partial charge in [-0.15, -0.1) is 0 Å². The highest BCUT2D eigenvalue weighted by molar-refractivity contribution is 7.88. The fraction of sp³-hybridized carbons (Fsp3) is 0.111. The largest absolute Gasteiger partial charge is 0.287 e. The molecule has 0 aliphatic carbocycles. The molecule has 0 bridgehead atoms. The van der Waals surface area contributed by atoms with Gasteiger partial charge in [0.2, 0.25) is 0 Å². The summed E-state index contributed by atoms with van der Waals surface area (Å²) >= 11 is 0. The van der Waals surface area contributed by atoms with E-state index in [4.69, 9.17) is 4.55 Å². The first-order chi connectivity index (χ1) is 5.99. The van der Waals surface area contributed by atoms with Crippen molar-refractivity contribution in [1.82, 2.24) is 0 Å². The van der Waals surface area contributed by atoms with E-state index in [1.54, 1.807) is 12.1 Å². The Labute approximate surface area is 77.5 Å². The summed E-state index contributed by atoms with van der Waals surface area (Å²) in [6.07, 6.45) is 1.37. The second-order valence-corrected chi connectivity index (χ2v) is 3.98. The van der Waals surface area contributed by atoms with Gasteiger partial charge in [0.25, 0.3) is 10.1 Å². The molecule has 0 aromatic heterocycles. The third kappa shape index (κ3) is 3.40. The quantitative estimate of drug-likeness (QED) is 0.738. The average Bonchev–Trinajstić information content (AvgIpc) is 2.01. The first-order valence-electron chi connectivity index (χ1n) is 3.70. The Morgan fingerprint density at radius 1 is 1.31 bits per heavy atom. The van der Waals surface area contributed by atoms with Gasteiger partial charge in [0.05, 0.1) is 5.41 Å². The molecule has 0 saturated carbocycles. The van der Waals surface area contributed by atoms with E-state index in [1.807, 2.05) is 19.1 Å². The second-order valence-electron chi connectivity index (χ2n) is 2.67. The molecule has 1 aromatic carbocycles. The highest BCUT2D eigenvalue weighted by Gasteiger charge is 1.96. The Morgan fingerprint density at radius 2 is 1.92 bits per heavy atom. The van der Waals surface area contributed by atoms with Gasteiger partial charge in [-0.1, -0.05) is 24.3 Å². The van der Waals surface area contributed by atoms with Crippen LogP contribution in [0.1, 0.15) is 11.1 Å². The van der Waals surface area contributed by atoms with Crippen LogP contribution in [0.2, 0.25) is 0 Å². The molecule has 1 N–H and O–H groups in total. The van der Waals surface area contributed by atoms with Crippen LogP contribution in [0.4, 0.5) is 0 Å². The van der Waals surface area contributed by atoms with Crippen LogP contribution in [0.5, 0.6) is 0 Å². The molecule has 0 unspecified atom stereocenters. The van der Waals surface area contributed by atoms with Crippen molar-refractivity contribution in [3.8, 4) is 0 Å². The molecule has 0 radical (unpaired) electrons. The number of benzene rings is 1. The van der Waals surface area contributed by atoms with Crippen molar-refractivity contribution < 1.29 is 13.0 Å². The average molecular weight is 198 g/mol. The van der Waals surface area contributed by atoms with Crippen LogP contribution in [-0.4, -0.2) is 13.0 Å². The fourth-order valence-corrected chi connectivity index (χ4v) is 1.25. The van der Waals surface area contributed by atoms with Crippen LogP contribution in [0, 0.1) is 6.92 Å². The number of rotatable bonds is 2. The van der Waals surface area contributed by atoms with Crippen molar-refractivity contribution in [2.24, 2.45) is 0 Å². The number of hydrogen-bond donors (Lipinski definition) is 1. The minimum absolute atomic E-state index is 0.773. The smallest absolute Gasteiger partial charge is 0.282 e. The van der Waals surface area contributed by atoms with Crippen LogP contribution in [0.15, 0.2) is 29.7 Å². The predicted octanol–water partition coefficient (Wildman–Crippen LogP) is 1.85. The third-order valence-electron chi connectivity index (χ3n) is 1.61. The lowest BCUT2D eigenvalue weighted by Gasteiger charge is -1.96. The summed E-state index contributed by atoms with van der Waals surface area (Å²) in [7, 11) is -4.02. The normalized spacial score (nSPS) is 12.2. The molecule has 1 aromatic rings. The van der Waals surface area contributed by atoms with E-state index >= 15 is 0 Å². The van der Waals surface area contributed by atoms with Crippen molar-refractivity contribution >= 4 is 16.2 Å². The van der Waals surface area contributed by atoms with Gasteiger partial charge in [-0.2, -0.15) is 8.42 Å². The molecular formula is C9H10O3S. The maximum Gasteiger partial charge on any atom is 0.287 e. The van der Waals surface area contributed by atoms with E-state index < -0.39 is 10.1 Å². The summed E-state index contributed by atoms with van der Waals surface area (Å²) in [5, 5.41) is 0.773. The summed E-state index contributed by atoms with van der Waals surface area (Å²) in [5.74, 6) is 0. The van der Waals surface area contributed by atoms with E-state index in [1.165, 1.54) is 6.08 Å². The molecule has 0 aliphatic heterocycles. The van der Waals surface area contributed by atoms with Crippen LogP contribution in [-0.2, 0) is 10.1 Å². The Balaban J connectivity index is 3.00. The standard InChI is InChI=1S/C9H10O3S/c1-8-4-2-3-5-9(8)6-7-13(10,11)12/h2-7H,1H3,(H,10,11,12)/b7-6+. The fourth-order valence-electron chi connectivity index (χ4n) is 0.933. The van der Waals surface area contributed by atoms with Gasteiger partial charge in [0.15, 0.2) is 0 Å². The van der Waals surface area contributed by atoms with Crippen LogP contribution >= 0.6 is 0 Å². The van der Waals surface area contributed by atoms with Gasteiger partial charge in [0.1, 0.15) is 0 Å². The molecule has 0 saturated heterocycles. The molecule has 0 amide bonds. The maximum atomic E-state index is 10.4. The van der Waals surface area contributed by atoms with Crippen molar-refractivity contribution in [2.75, 3.05) is 0 Å². The van der Waals surface area contributed by atoms with Gasteiger partial charge in [-0.3, -0.25) is 4.55 Å². The Kier molecular flexibility index (Phi) is 2.85. The second kappa shape index (κ2) is 3.72. The molecule has 0 heterocycles. The van der Waals surface area contributed by atoms with Crippen molar-refractivity contribution in [3.63, 3.8) is 0 Å². The van der Waals surface area contributed by atoms with Crippen LogP contribution < -0.4 is 0 Å². The van der Waals surface area contributed by atoms with Crippen LogP contribution in [0.25, 0.3) is 6.08 Å². The monoisotopic (exact) mass is 198 g/mol.